The lowest BCUT2D eigenvalue weighted by Gasteiger charge is -2.33. The van der Waals surface area contributed by atoms with E-state index < -0.39 is 0 Å². The van der Waals surface area contributed by atoms with Crippen molar-refractivity contribution in [2.24, 2.45) is 11.8 Å². The quantitative estimate of drug-likeness (QED) is 0.890. The first-order valence-electron chi connectivity index (χ1n) is 6.78. The third-order valence-corrected chi connectivity index (χ3v) is 4.82. The molecule has 1 aliphatic rings. The van der Waals surface area contributed by atoms with Crippen molar-refractivity contribution in [2.45, 2.75) is 58.5 Å². The van der Waals surface area contributed by atoms with Gasteiger partial charge in [-0.1, -0.05) is 19.8 Å². The van der Waals surface area contributed by atoms with Gasteiger partial charge in [0.25, 0.3) is 0 Å². The van der Waals surface area contributed by atoms with Crippen LogP contribution in [0, 0.1) is 18.8 Å². The van der Waals surface area contributed by atoms with Crippen molar-refractivity contribution < 1.29 is 5.11 Å². The van der Waals surface area contributed by atoms with Crippen molar-refractivity contribution >= 4 is 11.3 Å². The molecule has 0 spiro atoms. The Labute approximate surface area is 108 Å². The Hall–Kier alpha value is -0.410. The normalized spacial score (nSPS) is 29.5. The summed E-state index contributed by atoms with van der Waals surface area (Å²) in [4.78, 5) is 5.64. The Bertz CT molecular complexity index is 350. The van der Waals surface area contributed by atoms with Crippen LogP contribution < -0.4 is 0 Å². The summed E-state index contributed by atoms with van der Waals surface area (Å²) in [6.45, 7) is 4.30. The van der Waals surface area contributed by atoms with E-state index in [1.54, 1.807) is 11.3 Å². The van der Waals surface area contributed by atoms with Gasteiger partial charge in [-0.2, -0.15) is 0 Å². The molecule has 0 aromatic carbocycles. The van der Waals surface area contributed by atoms with Crippen molar-refractivity contribution in [1.82, 2.24) is 4.98 Å². The zero-order chi connectivity index (χ0) is 12.3. The molecule has 17 heavy (non-hydrogen) atoms. The molecule has 0 radical (unpaired) electrons. The summed E-state index contributed by atoms with van der Waals surface area (Å²) in [5.41, 5.74) is 0. The largest absolute Gasteiger partial charge is 0.393 e. The highest BCUT2D eigenvalue weighted by molar-refractivity contribution is 7.11. The molecule has 1 fully saturated rings. The molecule has 1 aromatic rings. The van der Waals surface area contributed by atoms with Gasteiger partial charge in [0, 0.05) is 11.1 Å². The van der Waals surface area contributed by atoms with Gasteiger partial charge in [-0.25, -0.2) is 4.98 Å². The Balaban J connectivity index is 1.93. The lowest BCUT2D eigenvalue weighted by Crippen LogP contribution is -2.30. The van der Waals surface area contributed by atoms with E-state index in [0.717, 1.165) is 23.8 Å². The summed E-state index contributed by atoms with van der Waals surface area (Å²) in [6, 6.07) is 0. The minimum absolute atomic E-state index is 0.0921. The lowest BCUT2D eigenvalue weighted by atomic mass is 9.76. The smallest absolute Gasteiger partial charge is 0.0896 e. The Morgan fingerprint density at radius 2 is 2.29 bits per heavy atom. The predicted molar refractivity (Wildman–Crippen MR) is 72.3 cm³/mol. The van der Waals surface area contributed by atoms with Crippen molar-refractivity contribution in [3.63, 3.8) is 0 Å². The van der Waals surface area contributed by atoms with Gasteiger partial charge < -0.3 is 5.11 Å². The lowest BCUT2D eigenvalue weighted by molar-refractivity contribution is 0.0466. The van der Waals surface area contributed by atoms with E-state index in [1.807, 2.05) is 13.1 Å². The van der Waals surface area contributed by atoms with Gasteiger partial charge in [0.1, 0.15) is 0 Å². The van der Waals surface area contributed by atoms with Crippen molar-refractivity contribution in [1.29, 1.82) is 0 Å². The first-order chi connectivity index (χ1) is 8.19. The molecule has 3 unspecified atom stereocenters. The second kappa shape index (κ2) is 5.96. The molecule has 3 heteroatoms. The van der Waals surface area contributed by atoms with E-state index in [0.29, 0.717) is 5.92 Å². The fourth-order valence-corrected chi connectivity index (χ4v) is 3.88. The second-order valence-electron chi connectivity index (χ2n) is 5.34. The maximum Gasteiger partial charge on any atom is 0.0896 e. The number of rotatable bonds is 4. The van der Waals surface area contributed by atoms with Crippen molar-refractivity contribution in [3.05, 3.63) is 16.1 Å². The zero-order valence-corrected chi connectivity index (χ0v) is 11.7. The average Bonchev–Trinajstić information content (AvgIpc) is 2.69. The Morgan fingerprint density at radius 1 is 1.47 bits per heavy atom. The average molecular weight is 253 g/mol. The van der Waals surface area contributed by atoms with E-state index in [-0.39, 0.29) is 6.10 Å². The number of aromatic nitrogens is 1. The molecular formula is C14H23NOS. The van der Waals surface area contributed by atoms with E-state index in [4.69, 9.17) is 0 Å². The molecule has 1 aromatic heterocycles. The first kappa shape index (κ1) is 13.0. The molecule has 2 rings (SSSR count). The second-order valence-corrected chi connectivity index (χ2v) is 6.66. The van der Waals surface area contributed by atoms with Gasteiger partial charge in [0.15, 0.2) is 0 Å². The molecule has 1 N–H and O–H groups in total. The Morgan fingerprint density at radius 3 is 2.94 bits per heavy atom. The molecule has 1 heterocycles. The predicted octanol–water partition coefficient (Wildman–Crippen LogP) is 3.57. The fraction of sp³-hybridized carbons (Fsp3) is 0.786. The van der Waals surface area contributed by atoms with Gasteiger partial charge in [-0.3, -0.25) is 0 Å². The summed E-state index contributed by atoms with van der Waals surface area (Å²) in [6.07, 6.45) is 8.92. The number of hydrogen-bond acceptors (Lipinski definition) is 3. The van der Waals surface area contributed by atoms with Gasteiger partial charge >= 0.3 is 0 Å². The maximum absolute atomic E-state index is 10.1. The van der Waals surface area contributed by atoms with Crippen LogP contribution in [0.3, 0.4) is 0 Å². The van der Waals surface area contributed by atoms with Crippen LogP contribution >= 0.6 is 11.3 Å². The SMILES string of the molecule is CCCC1CCC(O)C(Cc2cnc(C)s2)C1. The summed E-state index contributed by atoms with van der Waals surface area (Å²) in [5, 5.41) is 11.2. The molecular weight excluding hydrogens is 230 g/mol. The van der Waals surface area contributed by atoms with Crippen LogP contribution in [0.15, 0.2) is 6.20 Å². The number of nitrogens with zero attached hydrogens (tertiary/aromatic N) is 1. The van der Waals surface area contributed by atoms with Crippen LogP contribution in [-0.2, 0) is 6.42 Å². The molecule has 0 bridgehead atoms. The van der Waals surface area contributed by atoms with E-state index in [2.05, 4.69) is 11.9 Å². The minimum atomic E-state index is -0.0921. The van der Waals surface area contributed by atoms with Crippen LogP contribution in [0.4, 0.5) is 0 Å². The van der Waals surface area contributed by atoms with Crippen LogP contribution in [-0.4, -0.2) is 16.2 Å². The molecule has 1 saturated carbocycles. The fourth-order valence-electron chi connectivity index (χ4n) is 2.99. The third-order valence-electron chi connectivity index (χ3n) is 3.88. The number of thiazole rings is 1. The highest BCUT2D eigenvalue weighted by Gasteiger charge is 2.29. The number of aryl methyl sites for hydroxylation is 1. The number of hydrogen-bond donors (Lipinski definition) is 1. The monoisotopic (exact) mass is 253 g/mol. The van der Waals surface area contributed by atoms with E-state index in [1.165, 1.54) is 30.6 Å². The van der Waals surface area contributed by atoms with Gasteiger partial charge in [-0.15, -0.1) is 11.3 Å². The molecule has 0 amide bonds. The molecule has 2 nitrogen and oxygen atoms in total. The first-order valence-corrected chi connectivity index (χ1v) is 7.60. The number of aliphatic hydroxyl groups is 1. The number of aliphatic hydroxyl groups excluding tert-OH is 1. The third kappa shape index (κ3) is 3.52. The molecule has 1 aliphatic carbocycles. The summed E-state index contributed by atoms with van der Waals surface area (Å²) >= 11 is 1.78. The highest BCUT2D eigenvalue weighted by Crippen LogP contribution is 2.34. The highest BCUT2D eigenvalue weighted by atomic mass is 32.1. The van der Waals surface area contributed by atoms with Crippen LogP contribution in [0.2, 0.25) is 0 Å². The van der Waals surface area contributed by atoms with E-state index >= 15 is 0 Å². The van der Waals surface area contributed by atoms with Gasteiger partial charge in [0.2, 0.25) is 0 Å². The Kier molecular flexibility index (Phi) is 4.57. The minimum Gasteiger partial charge on any atom is -0.393 e. The summed E-state index contributed by atoms with van der Waals surface area (Å²) in [5.74, 6) is 1.29. The van der Waals surface area contributed by atoms with Crippen molar-refractivity contribution in [3.8, 4) is 0 Å². The maximum atomic E-state index is 10.1. The topological polar surface area (TPSA) is 33.1 Å². The van der Waals surface area contributed by atoms with E-state index in [9.17, 15) is 5.11 Å². The summed E-state index contributed by atoms with van der Waals surface area (Å²) < 4.78 is 0. The zero-order valence-electron chi connectivity index (χ0n) is 10.9. The van der Waals surface area contributed by atoms with Crippen molar-refractivity contribution in [2.75, 3.05) is 0 Å². The van der Waals surface area contributed by atoms with Crippen LogP contribution in [0.1, 0.15) is 48.9 Å². The summed E-state index contributed by atoms with van der Waals surface area (Å²) in [7, 11) is 0. The molecule has 0 aliphatic heterocycles. The molecule has 3 atom stereocenters. The molecule has 96 valence electrons. The molecule has 0 saturated heterocycles. The standard InChI is InChI=1S/C14H23NOS/c1-3-4-11-5-6-14(16)12(7-11)8-13-9-15-10(2)17-13/h9,11-12,14,16H,3-8H2,1-2H3. The van der Waals surface area contributed by atoms with Gasteiger partial charge in [-0.05, 0) is 44.4 Å². The van der Waals surface area contributed by atoms with Crippen LogP contribution in [0.5, 0.6) is 0 Å². The van der Waals surface area contributed by atoms with Gasteiger partial charge in [0.05, 0.1) is 11.1 Å². The van der Waals surface area contributed by atoms with Crippen LogP contribution in [0.25, 0.3) is 0 Å².